The zero-order valence-corrected chi connectivity index (χ0v) is 13.8. The van der Waals surface area contributed by atoms with Gasteiger partial charge in [-0.15, -0.1) is 0 Å². The molecule has 0 bridgehead atoms. The van der Waals surface area contributed by atoms with Crippen molar-refractivity contribution in [3.63, 3.8) is 0 Å². The average Bonchev–Trinajstić information content (AvgIpc) is 2.25. The molecule has 0 rings (SSSR count). The van der Waals surface area contributed by atoms with E-state index in [1.807, 2.05) is 0 Å². The highest BCUT2D eigenvalue weighted by molar-refractivity contribution is 4.76. The lowest BCUT2D eigenvalue weighted by Gasteiger charge is -2.32. The van der Waals surface area contributed by atoms with Crippen molar-refractivity contribution in [1.82, 2.24) is 5.32 Å². The Kier molecular flexibility index (Phi) is 9.81. The zero-order valence-electron chi connectivity index (χ0n) is 13.8. The van der Waals surface area contributed by atoms with E-state index in [-0.39, 0.29) is 0 Å². The molecule has 1 atom stereocenters. The van der Waals surface area contributed by atoms with E-state index in [4.69, 9.17) is 0 Å². The van der Waals surface area contributed by atoms with Gasteiger partial charge in [0.25, 0.3) is 0 Å². The molecular formula is C17H37N. The molecule has 0 aliphatic rings. The van der Waals surface area contributed by atoms with Crippen LogP contribution >= 0.6 is 0 Å². The lowest BCUT2D eigenvalue weighted by Crippen LogP contribution is -2.35. The van der Waals surface area contributed by atoms with Crippen molar-refractivity contribution in [2.75, 3.05) is 6.54 Å². The molecule has 0 aromatic rings. The summed E-state index contributed by atoms with van der Waals surface area (Å²) >= 11 is 0. The van der Waals surface area contributed by atoms with Gasteiger partial charge in [-0.2, -0.15) is 0 Å². The molecule has 0 aromatic carbocycles. The van der Waals surface area contributed by atoms with Crippen LogP contribution in [0, 0.1) is 11.3 Å². The van der Waals surface area contributed by atoms with Gasteiger partial charge < -0.3 is 5.32 Å². The van der Waals surface area contributed by atoms with Crippen LogP contribution in [0.25, 0.3) is 0 Å². The number of rotatable bonds is 10. The van der Waals surface area contributed by atoms with E-state index in [9.17, 15) is 0 Å². The second-order valence-corrected chi connectivity index (χ2v) is 7.18. The Balaban J connectivity index is 3.81. The molecule has 1 N–H and O–H groups in total. The Morgan fingerprint density at radius 1 is 0.889 bits per heavy atom. The average molecular weight is 255 g/mol. The fourth-order valence-corrected chi connectivity index (χ4v) is 2.39. The molecule has 1 nitrogen and oxygen atoms in total. The van der Waals surface area contributed by atoms with Gasteiger partial charge >= 0.3 is 0 Å². The molecule has 18 heavy (non-hydrogen) atoms. The van der Waals surface area contributed by atoms with Crippen molar-refractivity contribution in [1.29, 1.82) is 0 Å². The first-order valence-corrected chi connectivity index (χ1v) is 8.11. The van der Waals surface area contributed by atoms with Gasteiger partial charge in [-0.05, 0) is 24.3 Å². The van der Waals surface area contributed by atoms with Gasteiger partial charge in [-0.1, -0.05) is 80.1 Å². The van der Waals surface area contributed by atoms with Crippen LogP contribution in [0.3, 0.4) is 0 Å². The summed E-state index contributed by atoms with van der Waals surface area (Å²) in [5.41, 5.74) is 0.436. The minimum Gasteiger partial charge on any atom is -0.314 e. The van der Waals surface area contributed by atoms with E-state index in [2.05, 4.69) is 46.9 Å². The van der Waals surface area contributed by atoms with Gasteiger partial charge in [-0.3, -0.25) is 0 Å². The number of nitrogens with one attached hydrogen (secondary N) is 1. The molecule has 0 aromatic heterocycles. The molecule has 0 heterocycles. The SMILES string of the molecule is CCCCCCCCC(CNC(C)C)C(C)(C)C. The highest BCUT2D eigenvalue weighted by Crippen LogP contribution is 2.30. The van der Waals surface area contributed by atoms with E-state index in [1.165, 1.54) is 51.5 Å². The maximum absolute atomic E-state index is 3.61. The summed E-state index contributed by atoms with van der Waals surface area (Å²) in [6.07, 6.45) is 9.85. The summed E-state index contributed by atoms with van der Waals surface area (Å²) in [5, 5.41) is 3.61. The quantitative estimate of drug-likeness (QED) is 0.516. The molecule has 0 aliphatic carbocycles. The fraction of sp³-hybridized carbons (Fsp3) is 1.00. The van der Waals surface area contributed by atoms with Crippen LogP contribution in [0.2, 0.25) is 0 Å². The van der Waals surface area contributed by atoms with Gasteiger partial charge in [-0.25, -0.2) is 0 Å². The fourth-order valence-electron chi connectivity index (χ4n) is 2.39. The second-order valence-electron chi connectivity index (χ2n) is 7.18. The summed E-state index contributed by atoms with van der Waals surface area (Å²) in [6.45, 7) is 15.1. The van der Waals surface area contributed by atoms with Crippen LogP contribution in [0.1, 0.15) is 86.5 Å². The third-order valence-corrected chi connectivity index (χ3v) is 3.90. The van der Waals surface area contributed by atoms with E-state index in [1.54, 1.807) is 0 Å². The lowest BCUT2D eigenvalue weighted by atomic mass is 9.77. The third-order valence-electron chi connectivity index (χ3n) is 3.90. The highest BCUT2D eigenvalue weighted by Gasteiger charge is 2.23. The van der Waals surface area contributed by atoms with Gasteiger partial charge in [0.05, 0.1) is 0 Å². The lowest BCUT2D eigenvalue weighted by molar-refractivity contribution is 0.209. The Labute approximate surface area is 116 Å². The van der Waals surface area contributed by atoms with Crippen LogP contribution in [0.4, 0.5) is 0 Å². The van der Waals surface area contributed by atoms with Crippen molar-refractivity contribution in [3.05, 3.63) is 0 Å². The predicted octanol–water partition coefficient (Wildman–Crippen LogP) is 5.40. The Morgan fingerprint density at radius 3 is 1.94 bits per heavy atom. The van der Waals surface area contributed by atoms with Crippen molar-refractivity contribution in [3.8, 4) is 0 Å². The standard InChI is InChI=1S/C17H37N/c1-7-8-9-10-11-12-13-16(17(4,5)6)14-18-15(2)3/h15-16,18H,7-14H2,1-6H3. The third kappa shape index (κ3) is 9.94. The smallest absolute Gasteiger partial charge is 0.00104 e. The monoisotopic (exact) mass is 255 g/mol. The summed E-state index contributed by atoms with van der Waals surface area (Å²) in [7, 11) is 0. The molecule has 110 valence electrons. The summed E-state index contributed by atoms with van der Waals surface area (Å²) in [6, 6.07) is 0.611. The van der Waals surface area contributed by atoms with Crippen molar-refractivity contribution in [2.45, 2.75) is 92.5 Å². The molecule has 0 saturated carbocycles. The minimum absolute atomic E-state index is 0.436. The minimum atomic E-state index is 0.436. The molecule has 0 amide bonds. The molecule has 0 saturated heterocycles. The number of unbranched alkanes of at least 4 members (excludes halogenated alkanes) is 5. The largest absolute Gasteiger partial charge is 0.314 e. The van der Waals surface area contributed by atoms with Crippen LogP contribution < -0.4 is 5.32 Å². The van der Waals surface area contributed by atoms with Crippen LogP contribution in [-0.2, 0) is 0 Å². The maximum Gasteiger partial charge on any atom is 0.00104 e. The molecule has 0 fully saturated rings. The van der Waals surface area contributed by atoms with Crippen molar-refractivity contribution >= 4 is 0 Å². The first kappa shape index (κ1) is 18.0. The van der Waals surface area contributed by atoms with E-state index >= 15 is 0 Å². The van der Waals surface area contributed by atoms with Crippen molar-refractivity contribution < 1.29 is 0 Å². The summed E-state index contributed by atoms with van der Waals surface area (Å²) < 4.78 is 0. The summed E-state index contributed by atoms with van der Waals surface area (Å²) in [5.74, 6) is 0.811. The highest BCUT2D eigenvalue weighted by atomic mass is 14.9. The molecule has 1 unspecified atom stereocenters. The van der Waals surface area contributed by atoms with Gasteiger partial charge in [0.15, 0.2) is 0 Å². The molecule has 1 heteroatoms. The summed E-state index contributed by atoms with van der Waals surface area (Å²) in [4.78, 5) is 0. The molecule has 0 spiro atoms. The van der Waals surface area contributed by atoms with Crippen LogP contribution in [0.5, 0.6) is 0 Å². The maximum atomic E-state index is 3.61. The predicted molar refractivity (Wildman–Crippen MR) is 84.1 cm³/mol. The van der Waals surface area contributed by atoms with E-state index < -0.39 is 0 Å². The normalized spacial score (nSPS) is 14.2. The Morgan fingerprint density at radius 2 is 1.44 bits per heavy atom. The molecule has 0 aliphatic heterocycles. The molecule has 0 radical (unpaired) electrons. The topological polar surface area (TPSA) is 12.0 Å². The van der Waals surface area contributed by atoms with E-state index in [0.717, 1.165) is 5.92 Å². The second kappa shape index (κ2) is 9.83. The number of hydrogen-bond acceptors (Lipinski definition) is 1. The molecular weight excluding hydrogens is 218 g/mol. The Bertz CT molecular complexity index is 179. The van der Waals surface area contributed by atoms with E-state index in [0.29, 0.717) is 11.5 Å². The van der Waals surface area contributed by atoms with Gasteiger partial charge in [0.1, 0.15) is 0 Å². The first-order chi connectivity index (χ1) is 8.38. The van der Waals surface area contributed by atoms with Crippen LogP contribution in [0.15, 0.2) is 0 Å². The zero-order chi connectivity index (χ0) is 14.0. The van der Waals surface area contributed by atoms with Crippen LogP contribution in [-0.4, -0.2) is 12.6 Å². The first-order valence-electron chi connectivity index (χ1n) is 8.11. The van der Waals surface area contributed by atoms with Crippen molar-refractivity contribution in [2.24, 2.45) is 11.3 Å². The van der Waals surface area contributed by atoms with Gasteiger partial charge in [0.2, 0.25) is 0 Å². The Hall–Kier alpha value is -0.0400. The number of hydrogen-bond donors (Lipinski definition) is 1. The van der Waals surface area contributed by atoms with Gasteiger partial charge in [0, 0.05) is 6.04 Å².